The Morgan fingerprint density at radius 1 is 1.11 bits per heavy atom. The predicted molar refractivity (Wildman–Crippen MR) is 138 cm³/mol. The minimum atomic E-state index is -1.08. The Bertz CT molecular complexity index is 1010. The van der Waals surface area contributed by atoms with Gasteiger partial charge in [0.25, 0.3) is 0 Å². The summed E-state index contributed by atoms with van der Waals surface area (Å²) in [4.78, 5) is 43.6. The van der Waals surface area contributed by atoms with Crippen molar-refractivity contribution in [2.45, 2.75) is 101 Å². The molecule has 0 aromatic heterocycles. The summed E-state index contributed by atoms with van der Waals surface area (Å²) >= 11 is 0. The summed E-state index contributed by atoms with van der Waals surface area (Å²) in [5.74, 6) is -2.07. The monoisotopic (exact) mass is 511 g/mol. The summed E-state index contributed by atoms with van der Waals surface area (Å²) in [7, 11) is 0. The van der Waals surface area contributed by atoms with Crippen LogP contribution in [0.5, 0.6) is 0 Å². The molecule has 4 aliphatic rings. The molecule has 1 saturated carbocycles. The lowest BCUT2D eigenvalue weighted by atomic mass is 9.65. The standard InChI is InChI=1S/C29H41N3O5/c1-3-17-30-25(34)22-23-27(36)32(21(18-33)19-11-7-5-8-12-19)24(26(35)31-20-13-9-6-10-14-20)29(23)16-15-28(22,4-2)37-29/h5,7-8,11-12,20-24,33H,3-4,6,9-10,13-18H2,1-2H3,(H,30,34)(H,31,35)/t21-,22+,23+,24?,28-,29?/m1/s1. The van der Waals surface area contributed by atoms with Crippen molar-refractivity contribution in [2.24, 2.45) is 11.8 Å². The molecule has 3 heterocycles. The Labute approximate surface area is 219 Å². The molecule has 3 aliphatic heterocycles. The van der Waals surface area contributed by atoms with Gasteiger partial charge in [0.1, 0.15) is 11.6 Å². The SMILES string of the molecule is CCCNC(=O)[C@@H]1[C@H]2C(=O)N([C@H](CO)c3ccccc3)C(C(=O)NC3CCCCC3)C23CC[C@@]1(CC)O3. The van der Waals surface area contributed by atoms with Crippen LogP contribution in [0, 0.1) is 11.8 Å². The van der Waals surface area contributed by atoms with Crippen molar-refractivity contribution in [3.63, 3.8) is 0 Å². The third-order valence-electron chi connectivity index (χ3n) is 9.34. The molecule has 1 aromatic carbocycles. The highest BCUT2D eigenvalue weighted by atomic mass is 16.5. The van der Waals surface area contributed by atoms with Gasteiger partial charge in [0.2, 0.25) is 17.7 Å². The maximum atomic E-state index is 14.4. The van der Waals surface area contributed by atoms with Gasteiger partial charge < -0.3 is 25.4 Å². The first-order valence-corrected chi connectivity index (χ1v) is 14.2. The smallest absolute Gasteiger partial charge is 0.246 e. The van der Waals surface area contributed by atoms with E-state index in [0.717, 1.165) is 37.7 Å². The lowest BCUT2D eigenvalue weighted by Crippen LogP contribution is -2.57. The van der Waals surface area contributed by atoms with Gasteiger partial charge in [0, 0.05) is 12.6 Å². The molecule has 8 heteroatoms. The maximum Gasteiger partial charge on any atom is 0.246 e. The number of likely N-dealkylation sites (tertiary alicyclic amines) is 1. The minimum absolute atomic E-state index is 0.0698. The van der Waals surface area contributed by atoms with E-state index in [0.29, 0.717) is 25.8 Å². The van der Waals surface area contributed by atoms with Crippen molar-refractivity contribution in [3.05, 3.63) is 35.9 Å². The summed E-state index contributed by atoms with van der Waals surface area (Å²) in [6.07, 6.45) is 7.73. The molecule has 1 aliphatic carbocycles. The first kappa shape index (κ1) is 26.2. The van der Waals surface area contributed by atoms with Gasteiger partial charge in [-0.15, -0.1) is 0 Å². The number of aliphatic hydroxyl groups excluding tert-OH is 1. The average Bonchev–Trinajstić information content (AvgIpc) is 3.53. The number of rotatable bonds is 9. The van der Waals surface area contributed by atoms with Crippen LogP contribution >= 0.6 is 0 Å². The van der Waals surface area contributed by atoms with Crippen molar-refractivity contribution < 1.29 is 24.2 Å². The fourth-order valence-electron chi connectivity index (χ4n) is 7.60. The highest BCUT2D eigenvalue weighted by Crippen LogP contribution is 2.65. The number of carbonyl (C=O) groups excluding carboxylic acids is 3. The van der Waals surface area contributed by atoms with E-state index in [1.807, 2.05) is 44.2 Å². The van der Waals surface area contributed by atoms with Gasteiger partial charge >= 0.3 is 0 Å². The lowest BCUT2D eigenvalue weighted by molar-refractivity contribution is -0.151. The van der Waals surface area contributed by atoms with E-state index >= 15 is 0 Å². The average molecular weight is 512 g/mol. The predicted octanol–water partition coefficient (Wildman–Crippen LogP) is 2.85. The van der Waals surface area contributed by atoms with Crippen LogP contribution in [-0.2, 0) is 19.1 Å². The van der Waals surface area contributed by atoms with Crippen molar-refractivity contribution in [2.75, 3.05) is 13.2 Å². The van der Waals surface area contributed by atoms with Crippen molar-refractivity contribution in [3.8, 4) is 0 Å². The highest BCUT2D eigenvalue weighted by molar-refractivity contribution is 5.99. The van der Waals surface area contributed by atoms with Crippen molar-refractivity contribution in [1.82, 2.24) is 15.5 Å². The molecule has 5 rings (SSSR count). The van der Waals surface area contributed by atoms with E-state index in [9.17, 15) is 19.5 Å². The van der Waals surface area contributed by atoms with E-state index in [1.54, 1.807) is 4.90 Å². The quantitative estimate of drug-likeness (QED) is 0.473. The number of aliphatic hydroxyl groups is 1. The van der Waals surface area contributed by atoms with Crippen molar-refractivity contribution in [1.29, 1.82) is 0 Å². The molecule has 3 amide bonds. The number of hydrogen-bond acceptors (Lipinski definition) is 5. The number of fused-ring (bicyclic) bond motifs is 1. The van der Waals surface area contributed by atoms with Gasteiger partial charge in [-0.25, -0.2) is 0 Å². The van der Waals surface area contributed by atoms with Gasteiger partial charge in [-0.05, 0) is 44.1 Å². The number of nitrogens with zero attached hydrogens (tertiary/aromatic N) is 1. The van der Waals surface area contributed by atoms with E-state index < -0.39 is 35.1 Å². The molecule has 1 spiro atoms. The second-order valence-electron chi connectivity index (χ2n) is 11.3. The zero-order valence-electron chi connectivity index (χ0n) is 22.1. The summed E-state index contributed by atoms with van der Waals surface area (Å²) in [6, 6.07) is 7.82. The van der Waals surface area contributed by atoms with Crippen LogP contribution in [0.25, 0.3) is 0 Å². The van der Waals surface area contributed by atoms with Crippen molar-refractivity contribution >= 4 is 17.7 Å². The Balaban J connectivity index is 1.57. The molecular weight excluding hydrogens is 470 g/mol. The molecular formula is C29H41N3O5. The summed E-state index contributed by atoms with van der Waals surface area (Å²) in [5, 5.41) is 16.8. The molecule has 1 aromatic rings. The molecule has 2 bridgehead atoms. The first-order chi connectivity index (χ1) is 17.9. The van der Waals surface area contributed by atoms with Crippen LogP contribution in [0.15, 0.2) is 30.3 Å². The number of amides is 3. The van der Waals surface area contributed by atoms with Crippen LogP contribution in [0.3, 0.4) is 0 Å². The Morgan fingerprint density at radius 2 is 1.84 bits per heavy atom. The molecule has 37 heavy (non-hydrogen) atoms. The maximum absolute atomic E-state index is 14.4. The largest absolute Gasteiger partial charge is 0.394 e. The number of nitrogens with one attached hydrogen (secondary N) is 2. The van der Waals surface area contributed by atoms with Crippen LogP contribution in [-0.4, -0.2) is 64.2 Å². The number of hydrogen-bond donors (Lipinski definition) is 3. The normalized spacial score (nSPS) is 33.9. The Morgan fingerprint density at radius 3 is 2.49 bits per heavy atom. The number of benzene rings is 1. The second kappa shape index (κ2) is 10.4. The van der Waals surface area contributed by atoms with Crippen LogP contribution in [0.4, 0.5) is 0 Å². The Hall–Kier alpha value is -2.45. The van der Waals surface area contributed by atoms with Gasteiger partial charge in [0.15, 0.2) is 0 Å². The van der Waals surface area contributed by atoms with E-state index in [2.05, 4.69) is 10.6 Å². The van der Waals surface area contributed by atoms with Crippen LogP contribution in [0.2, 0.25) is 0 Å². The lowest BCUT2D eigenvalue weighted by Gasteiger charge is -2.38. The van der Waals surface area contributed by atoms with Gasteiger partial charge in [-0.1, -0.05) is 63.4 Å². The minimum Gasteiger partial charge on any atom is -0.394 e. The van der Waals surface area contributed by atoms with Gasteiger partial charge in [-0.3, -0.25) is 14.4 Å². The third-order valence-corrected chi connectivity index (χ3v) is 9.34. The molecule has 4 fully saturated rings. The highest BCUT2D eigenvalue weighted by Gasteiger charge is 2.79. The zero-order chi connectivity index (χ0) is 26.2. The molecule has 3 saturated heterocycles. The van der Waals surface area contributed by atoms with Gasteiger partial charge in [-0.2, -0.15) is 0 Å². The first-order valence-electron chi connectivity index (χ1n) is 14.2. The second-order valence-corrected chi connectivity index (χ2v) is 11.3. The molecule has 6 atom stereocenters. The topological polar surface area (TPSA) is 108 Å². The fourth-order valence-corrected chi connectivity index (χ4v) is 7.60. The summed E-state index contributed by atoms with van der Waals surface area (Å²) in [6.45, 7) is 4.20. The summed E-state index contributed by atoms with van der Waals surface area (Å²) < 4.78 is 6.82. The molecule has 2 unspecified atom stereocenters. The van der Waals surface area contributed by atoms with E-state index in [-0.39, 0.29) is 30.4 Å². The molecule has 3 N–H and O–H groups in total. The fraction of sp³-hybridized carbons (Fsp3) is 0.690. The number of carbonyl (C=O) groups is 3. The number of ether oxygens (including phenoxy) is 1. The molecule has 202 valence electrons. The third kappa shape index (κ3) is 4.16. The van der Waals surface area contributed by atoms with E-state index in [4.69, 9.17) is 4.74 Å². The van der Waals surface area contributed by atoms with Crippen LogP contribution in [0.1, 0.15) is 83.2 Å². The Kier molecular flexibility index (Phi) is 7.33. The molecule has 8 nitrogen and oxygen atoms in total. The van der Waals surface area contributed by atoms with Crippen LogP contribution < -0.4 is 10.6 Å². The summed E-state index contributed by atoms with van der Waals surface area (Å²) in [5.41, 5.74) is -1.07. The molecule has 0 radical (unpaired) electrons. The van der Waals surface area contributed by atoms with E-state index in [1.165, 1.54) is 6.42 Å². The van der Waals surface area contributed by atoms with Gasteiger partial charge in [0.05, 0.1) is 30.1 Å². The zero-order valence-corrected chi connectivity index (χ0v) is 22.1.